The molecule has 0 saturated heterocycles. The van der Waals surface area contributed by atoms with Crippen molar-refractivity contribution < 1.29 is 14.6 Å². The molecule has 70 valence electrons. The molecule has 1 N–H and O–H groups in total. The molecular formula is C8H13BrO3. The Kier molecular flexibility index (Phi) is 6.02. The summed E-state index contributed by atoms with van der Waals surface area (Å²) in [6, 6.07) is 0. The predicted octanol–water partition coefficient (Wildman–Crippen LogP) is 1.25. The van der Waals surface area contributed by atoms with Crippen LogP contribution in [0.25, 0.3) is 0 Å². The van der Waals surface area contributed by atoms with Gasteiger partial charge in [0.05, 0.1) is 12.7 Å². The summed E-state index contributed by atoms with van der Waals surface area (Å²) in [6.07, 6.45) is 0.0245. The van der Waals surface area contributed by atoms with Crippen molar-refractivity contribution in [2.45, 2.75) is 19.4 Å². The molecule has 0 aliphatic rings. The Balaban J connectivity index is 3.51. The minimum Gasteiger partial charge on any atom is -0.462 e. The number of alkyl halides is 1. The third kappa shape index (κ3) is 5.32. The highest BCUT2D eigenvalue weighted by Crippen LogP contribution is 2.00. The quantitative estimate of drug-likeness (QED) is 0.444. The molecule has 12 heavy (non-hydrogen) atoms. The summed E-state index contributed by atoms with van der Waals surface area (Å²) < 4.78 is 4.78. The summed E-state index contributed by atoms with van der Waals surface area (Å²) in [5, 5.41) is 9.26. The summed E-state index contributed by atoms with van der Waals surface area (Å²) >= 11 is 3.09. The SMILES string of the molecule is C=C(CBr)C(=O)OCCC(C)O. The summed E-state index contributed by atoms with van der Waals surface area (Å²) in [7, 11) is 0. The second-order valence-electron chi connectivity index (χ2n) is 2.51. The van der Waals surface area contributed by atoms with Gasteiger partial charge in [0.1, 0.15) is 0 Å². The number of ether oxygens (including phenoxy) is 1. The van der Waals surface area contributed by atoms with E-state index in [1.165, 1.54) is 0 Å². The number of hydrogen-bond donors (Lipinski definition) is 1. The molecule has 0 fully saturated rings. The van der Waals surface area contributed by atoms with Crippen LogP contribution in [0.1, 0.15) is 13.3 Å². The van der Waals surface area contributed by atoms with Gasteiger partial charge in [0, 0.05) is 17.3 Å². The topological polar surface area (TPSA) is 46.5 Å². The van der Waals surface area contributed by atoms with Crippen molar-refractivity contribution in [1.82, 2.24) is 0 Å². The smallest absolute Gasteiger partial charge is 0.334 e. The molecule has 4 heteroatoms. The van der Waals surface area contributed by atoms with E-state index >= 15 is 0 Å². The summed E-state index contributed by atoms with van der Waals surface area (Å²) in [5.74, 6) is -0.410. The third-order valence-corrected chi connectivity index (χ3v) is 1.90. The molecule has 0 spiro atoms. The number of aliphatic hydroxyl groups excluding tert-OH is 1. The third-order valence-electron chi connectivity index (χ3n) is 1.22. The summed E-state index contributed by atoms with van der Waals surface area (Å²) in [4.78, 5) is 10.9. The van der Waals surface area contributed by atoms with Gasteiger partial charge < -0.3 is 9.84 Å². The number of hydrogen-bond acceptors (Lipinski definition) is 3. The second kappa shape index (κ2) is 6.20. The highest BCUT2D eigenvalue weighted by atomic mass is 79.9. The summed E-state index contributed by atoms with van der Waals surface area (Å²) in [6.45, 7) is 5.37. The fraction of sp³-hybridized carbons (Fsp3) is 0.625. The van der Waals surface area contributed by atoms with Gasteiger partial charge in [-0.2, -0.15) is 0 Å². The first-order chi connectivity index (χ1) is 5.57. The van der Waals surface area contributed by atoms with Crippen molar-refractivity contribution in [3.63, 3.8) is 0 Å². The fourth-order valence-electron chi connectivity index (χ4n) is 0.479. The number of esters is 1. The van der Waals surface area contributed by atoms with Crippen LogP contribution in [-0.4, -0.2) is 29.1 Å². The van der Waals surface area contributed by atoms with Crippen LogP contribution in [0.4, 0.5) is 0 Å². The maximum atomic E-state index is 10.9. The maximum Gasteiger partial charge on any atom is 0.334 e. The van der Waals surface area contributed by atoms with Crippen molar-refractivity contribution in [1.29, 1.82) is 0 Å². The average molecular weight is 237 g/mol. The second-order valence-corrected chi connectivity index (χ2v) is 3.07. The Bertz CT molecular complexity index is 166. The molecule has 1 unspecified atom stereocenters. The van der Waals surface area contributed by atoms with E-state index in [4.69, 9.17) is 9.84 Å². The lowest BCUT2D eigenvalue weighted by Crippen LogP contribution is -2.12. The number of aliphatic hydroxyl groups is 1. The Morgan fingerprint density at radius 1 is 1.75 bits per heavy atom. The maximum absolute atomic E-state index is 10.9. The van der Waals surface area contributed by atoms with E-state index in [-0.39, 0.29) is 6.61 Å². The molecular weight excluding hydrogens is 224 g/mol. The Morgan fingerprint density at radius 3 is 2.75 bits per heavy atom. The Labute approximate surface area is 80.5 Å². The van der Waals surface area contributed by atoms with Crippen molar-refractivity contribution in [2.24, 2.45) is 0 Å². The van der Waals surface area contributed by atoms with E-state index in [1.54, 1.807) is 6.92 Å². The number of carbonyl (C=O) groups is 1. The minimum absolute atomic E-state index is 0.239. The molecule has 0 heterocycles. The lowest BCUT2D eigenvalue weighted by atomic mass is 10.3. The molecule has 0 saturated carbocycles. The molecule has 3 nitrogen and oxygen atoms in total. The van der Waals surface area contributed by atoms with Gasteiger partial charge in [-0.25, -0.2) is 4.79 Å². The molecule has 0 bridgehead atoms. The molecule has 1 atom stereocenters. The molecule has 0 rings (SSSR count). The molecule has 0 aromatic heterocycles. The van der Waals surface area contributed by atoms with Crippen LogP contribution in [0.2, 0.25) is 0 Å². The first-order valence-corrected chi connectivity index (χ1v) is 4.79. The van der Waals surface area contributed by atoms with Gasteiger partial charge in [-0.3, -0.25) is 0 Å². The monoisotopic (exact) mass is 236 g/mol. The summed E-state index contributed by atoms with van der Waals surface area (Å²) in [5.41, 5.74) is 0.389. The van der Waals surface area contributed by atoms with E-state index in [1.807, 2.05) is 0 Å². The van der Waals surface area contributed by atoms with E-state index in [0.29, 0.717) is 17.3 Å². The Morgan fingerprint density at radius 2 is 2.33 bits per heavy atom. The zero-order chi connectivity index (χ0) is 9.56. The number of halogens is 1. The predicted molar refractivity (Wildman–Crippen MR) is 50.2 cm³/mol. The van der Waals surface area contributed by atoms with Crippen LogP contribution in [0.15, 0.2) is 12.2 Å². The van der Waals surface area contributed by atoms with Gasteiger partial charge in [0.15, 0.2) is 0 Å². The van der Waals surface area contributed by atoms with Crippen molar-refractivity contribution in [2.75, 3.05) is 11.9 Å². The van der Waals surface area contributed by atoms with Crippen LogP contribution >= 0.6 is 15.9 Å². The van der Waals surface area contributed by atoms with Gasteiger partial charge in [-0.15, -0.1) is 0 Å². The zero-order valence-electron chi connectivity index (χ0n) is 7.05. The first-order valence-electron chi connectivity index (χ1n) is 3.67. The molecule has 0 aliphatic heterocycles. The highest BCUT2D eigenvalue weighted by molar-refractivity contribution is 9.09. The molecule has 0 aromatic rings. The normalized spacial score (nSPS) is 12.2. The molecule has 0 aliphatic carbocycles. The Hall–Kier alpha value is -0.350. The number of carbonyl (C=O) groups excluding carboxylic acids is 1. The lowest BCUT2D eigenvalue weighted by molar-refractivity contribution is -0.139. The van der Waals surface area contributed by atoms with Crippen LogP contribution in [-0.2, 0) is 9.53 Å². The van der Waals surface area contributed by atoms with Gasteiger partial charge in [0.25, 0.3) is 0 Å². The average Bonchev–Trinajstić information content (AvgIpc) is 2.02. The van der Waals surface area contributed by atoms with Crippen molar-refractivity contribution >= 4 is 21.9 Å². The van der Waals surface area contributed by atoms with Gasteiger partial charge in [-0.05, 0) is 6.92 Å². The van der Waals surface area contributed by atoms with Gasteiger partial charge in [0.2, 0.25) is 0 Å². The van der Waals surface area contributed by atoms with E-state index < -0.39 is 12.1 Å². The van der Waals surface area contributed by atoms with Gasteiger partial charge in [-0.1, -0.05) is 22.5 Å². The van der Waals surface area contributed by atoms with Gasteiger partial charge >= 0.3 is 5.97 Å². The van der Waals surface area contributed by atoms with E-state index in [2.05, 4.69) is 22.5 Å². The van der Waals surface area contributed by atoms with E-state index in [9.17, 15) is 4.79 Å². The molecule has 0 radical (unpaired) electrons. The van der Waals surface area contributed by atoms with Crippen LogP contribution < -0.4 is 0 Å². The molecule has 0 amide bonds. The number of rotatable bonds is 5. The van der Waals surface area contributed by atoms with Crippen LogP contribution in [0.5, 0.6) is 0 Å². The highest BCUT2D eigenvalue weighted by Gasteiger charge is 2.06. The van der Waals surface area contributed by atoms with E-state index in [0.717, 1.165) is 0 Å². The van der Waals surface area contributed by atoms with Crippen LogP contribution in [0.3, 0.4) is 0 Å². The zero-order valence-corrected chi connectivity index (χ0v) is 8.63. The van der Waals surface area contributed by atoms with Crippen LogP contribution in [0, 0.1) is 0 Å². The van der Waals surface area contributed by atoms with Crippen molar-refractivity contribution in [3.05, 3.63) is 12.2 Å². The fourth-order valence-corrected chi connectivity index (χ4v) is 0.708. The lowest BCUT2D eigenvalue weighted by Gasteiger charge is -2.06. The first kappa shape index (κ1) is 11.6. The molecule has 0 aromatic carbocycles. The van der Waals surface area contributed by atoms with Crippen molar-refractivity contribution in [3.8, 4) is 0 Å². The standard InChI is InChI=1S/C8H13BrO3/c1-6(5-9)8(11)12-4-3-7(2)10/h7,10H,1,3-5H2,2H3. The largest absolute Gasteiger partial charge is 0.462 e. The minimum atomic E-state index is -0.435.